The highest BCUT2D eigenvalue weighted by molar-refractivity contribution is 6.30. The van der Waals surface area contributed by atoms with Gasteiger partial charge in [-0.3, -0.25) is 4.79 Å². The van der Waals surface area contributed by atoms with Gasteiger partial charge >= 0.3 is 5.97 Å². The molecule has 0 saturated heterocycles. The molecule has 0 aliphatic carbocycles. The second kappa shape index (κ2) is 4.88. The summed E-state index contributed by atoms with van der Waals surface area (Å²) >= 11 is 5.78. The average Bonchev–Trinajstić information content (AvgIpc) is 2.14. The van der Waals surface area contributed by atoms with Gasteiger partial charge in [-0.25, -0.2) is 0 Å². The van der Waals surface area contributed by atoms with E-state index in [0.29, 0.717) is 11.4 Å². The molecule has 1 rings (SSSR count). The topological polar surface area (TPSA) is 37.3 Å². The minimum absolute atomic E-state index is 0.0112. The lowest BCUT2D eigenvalue weighted by Crippen LogP contribution is -2.19. The van der Waals surface area contributed by atoms with E-state index in [9.17, 15) is 9.90 Å². The minimum Gasteiger partial charge on any atom is -0.481 e. The van der Waals surface area contributed by atoms with Gasteiger partial charge in [-0.15, -0.1) is 0 Å². The zero-order valence-corrected chi connectivity index (χ0v) is 10.6. The number of rotatable bonds is 3. The molecule has 2 nitrogen and oxygen atoms in total. The van der Waals surface area contributed by atoms with E-state index in [0.717, 1.165) is 5.56 Å². The molecule has 0 radical (unpaired) electrons. The van der Waals surface area contributed by atoms with Crippen LogP contribution in [0.4, 0.5) is 0 Å². The molecule has 0 spiro atoms. The number of aliphatic carboxylic acids is 1. The fraction of sp³-hybridized carbons (Fsp3) is 0.462. The maximum Gasteiger partial charge on any atom is 0.310 e. The lowest BCUT2D eigenvalue weighted by molar-refractivity contribution is -0.139. The molecule has 1 aromatic rings. The fourth-order valence-corrected chi connectivity index (χ4v) is 1.78. The van der Waals surface area contributed by atoms with Gasteiger partial charge in [0.1, 0.15) is 0 Å². The van der Waals surface area contributed by atoms with Crippen LogP contribution in [0.1, 0.15) is 38.7 Å². The Labute approximate surface area is 101 Å². The van der Waals surface area contributed by atoms with Crippen LogP contribution in [0.25, 0.3) is 0 Å². The van der Waals surface area contributed by atoms with Crippen molar-refractivity contribution >= 4 is 17.6 Å². The van der Waals surface area contributed by atoms with Crippen LogP contribution in [-0.4, -0.2) is 11.1 Å². The van der Waals surface area contributed by atoms with E-state index in [1.807, 2.05) is 20.8 Å². The first-order valence-electron chi connectivity index (χ1n) is 5.28. The standard InChI is InChI=1S/C13H17ClO2/c1-13(2,3)8-11(12(15)16)9-4-6-10(14)7-5-9/h4-7,11H,8H2,1-3H3,(H,15,16). The molecule has 16 heavy (non-hydrogen) atoms. The highest BCUT2D eigenvalue weighted by Crippen LogP contribution is 2.31. The first-order valence-corrected chi connectivity index (χ1v) is 5.66. The molecule has 1 atom stereocenters. The molecule has 1 aromatic carbocycles. The van der Waals surface area contributed by atoms with E-state index in [4.69, 9.17) is 11.6 Å². The van der Waals surface area contributed by atoms with Crippen LogP contribution in [-0.2, 0) is 4.79 Å². The first kappa shape index (κ1) is 13.0. The third kappa shape index (κ3) is 3.86. The van der Waals surface area contributed by atoms with Gasteiger partial charge in [0.05, 0.1) is 5.92 Å². The maximum absolute atomic E-state index is 11.2. The van der Waals surface area contributed by atoms with Crippen LogP contribution in [0.3, 0.4) is 0 Å². The highest BCUT2D eigenvalue weighted by atomic mass is 35.5. The van der Waals surface area contributed by atoms with Crippen LogP contribution in [0.2, 0.25) is 5.02 Å². The Balaban J connectivity index is 2.94. The monoisotopic (exact) mass is 240 g/mol. The van der Waals surface area contributed by atoms with Crippen LogP contribution in [0.15, 0.2) is 24.3 Å². The van der Waals surface area contributed by atoms with Crippen molar-refractivity contribution in [1.82, 2.24) is 0 Å². The van der Waals surface area contributed by atoms with Crippen molar-refractivity contribution in [1.29, 1.82) is 0 Å². The average molecular weight is 241 g/mol. The number of hydrogen-bond acceptors (Lipinski definition) is 1. The lowest BCUT2D eigenvalue weighted by Gasteiger charge is -2.23. The molecule has 0 aliphatic rings. The molecular formula is C13H17ClO2. The Morgan fingerprint density at radius 3 is 2.19 bits per heavy atom. The Morgan fingerprint density at radius 1 is 1.31 bits per heavy atom. The molecule has 0 amide bonds. The molecule has 1 unspecified atom stereocenters. The molecule has 1 N–H and O–H groups in total. The summed E-state index contributed by atoms with van der Waals surface area (Å²) in [4.78, 5) is 11.2. The van der Waals surface area contributed by atoms with Crippen LogP contribution in [0, 0.1) is 5.41 Å². The summed E-state index contributed by atoms with van der Waals surface area (Å²) in [5, 5.41) is 9.85. The molecule has 0 heterocycles. The van der Waals surface area contributed by atoms with Gasteiger partial charge in [0.2, 0.25) is 0 Å². The van der Waals surface area contributed by atoms with Crippen LogP contribution < -0.4 is 0 Å². The van der Waals surface area contributed by atoms with Gasteiger partial charge in [-0.05, 0) is 29.5 Å². The van der Waals surface area contributed by atoms with Gasteiger partial charge in [-0.2, -0.15) is 0 Å². The second-order valence-corrected chi connectivity index (χ2v) is 5.64. The summed E-state index contributed by atoms with van der Waals surface area (Å²) in [6.07, 6.45) is 0.615. The first-order chi connectivity index (χ1) is 7.29. The molecule has 0 aromatic heterocycles. The van der Waals surface area contributed by atoms with Gasteiger partial charge < -0.3 is 5.11 Å². The fourth-order valence-electron chi connectivity index (χ4n) is 1.66. The van der Waals surface area contributed by atoms with Gasteiger partial charge in [0, 0.05) is 5.02 Å². The third-order valence-corrected chi connectivity index (χ3v) is 2.64. The SMILES string of the molecule is CC(C)(C)CC(C(=O)O)c1ccc(Cl)cc1. The van der Waals surface area contributed by atoms with Crippen molar-refractivity contribution in [3.8, 4) is 0 Å². The van der Waals surface area contributed by atoms with Crippen molar-refractivity contribution in [3.63, 3.8) is 0 Å². The van der Waals surface area contributed by atoms with Gasteiger partial charge in [0.25, 0.3) is 0 Å². The quantitative estimate of drug-likeness (QED) is 0.869. The Hall–Kier alpha value is -1.02. The molecule has 0 bridgehead atoms. The Kier molecular flexibility index (Phi) is 3.98. The highest BCUT2D eigenvalue weighted by Gasteiger charge is 2.25. The van der Waals surface area contributed by atoms with E-state index < -0.39 is 11.9 Å². The number of carboxylic acids is 1. The number of carbonyl (C=O) groups is 1. The summed E-state index contributed by atoms with van der Waals surface area (Å²) in [7, 11) is 0. The normalized spacial score (nSPS) is 13.5. The molecule has 0 aliphatic heterocycles. The third-order valence-electron chi connectivity index (χ3n) is 2.39. The van der Waals surface area contributed by atoms with Crippen LogP contribution in [0.5, 0.6) is 0 Å². The summed E-state index contributed by atoms with van der Waals surface area (Å²) in [5.74, 6) is -1.24. The summed E-state index contributed by atoms with van der Waals surface area (Å²) in [5.41, 5.74) is 0.801. The summed E-state index contributed by atoms with van der Waals surface area (Å²) in [6, 6.07) is 7.03. The predicted molar refractivity (Wildman–Crippen MR) is 65.9 cm³/mol. The largest absolute Gasteiger partial charge is 0.481 e. The molecule has 0 saturated carbocycles. The zero-order valence-electron chi connectivity index (χ0n) is 9.83. The lowest BCUT2D eigenvalue weighted by atomic mass is 9.81. The minimum atomic E-state index is -0.780. The smallest absolute Gasteiger partial charge is 0.310 e. The van der Waals surface area contributed by atoms with Crippen LogP contribution >= 0.6 is 11.6 Å². The zero-order chi connectivity index (χ0) is 12.3. The maximum atomic E-state index is 11.2. The number of benzene rings is 1. The Morgan fingerprint density at radius 2 is 1.81 bits per heavy atom. The molecule has 0 fully saturated rings. The summed E-state index contributed by atoms with van der Waals surface area (Å²) in [6.45, 7) is 6.12. The number of halogens is 1. The van der Waals surface area contributed by atoms with Crippen molar-refractivity contribution in [2.45, 2.75) is 33.1 Å². The van der Waals surface area contributed by atoms with E-state index in [2.05, 4.69) is 0 Å². The summed E-state index contributed by atoms with van der Waals surface area (Å²) < 4.78 is 0. The predicted octanol–water partition coefficient (Wildman–Crippen LogP) is 3.94. The van der Waals surface area contributed by atoms with Gasteiger partial charge in [-0.1, -0.05) is 44.5 Å². The molecule has 88 valence electrons. The van der Waals surface area contributed by atoms with Gasteiger partial charge in [0.15, 0.2) is 0 Å². The van der Waals surface area contributed by atoms with E-state index >= 15 is 0 Å². The number of hydrogen-bond donors (Lipinski definition) is 1. The second-order valence-electron chi connectivity index (χ2n) is 5.21. The number of carboxylic acid groups (broad SMARTS) is 1. The van der Waals surface area contributed by atoms with E-state index in [-0.39, 0.29) is 5.41 Å². The van der Waals surface area contributed by atoms with E-state index in [1.165, 1.54) is 0 Å². The van der Waals surface area contributed by atoms with E-state index in [1.54, 1.807) is 24.3 Å². The molecule has 3 heteroatoms. The van der Waals surface area contributed by atoms with Crippen molar-refractivity contribution < 1.29 is 9.90 Å². The molecular weight excluding hydrogens is 224 g/mol. The van der Waals surface area contributed by atoms with Crippen molar-refractivity contribution in [3.05, 3.63) is 34.9 Å². The Bertz CT molecular complexity index is 363. The van der Waals surface area contributed by atoms with Crippen molar-refractivity contribution in [2.24, 2.45) is 5.41 Å². The van der Waals surface area contributed by atoms with Crippen molar-refractivity contribution in [2.75, 3.05) is 0 Å².